The van der Waals surface area contributed by atoms with Gasteiger partial charge in [-0.05, 0) is 24.1 Å². The van der Waals surface area contributed by atoms with E-state index in [2.05, 4.69) is 33.1 Å². The van der Waals surface area contributed by atoms with Crippen LogP contribution in [-0.4, -0.2) is 39.8 Å². The standard InChI is InChI=1S/C17H21N5O/c1-2-3-16-19-17(21-20-16)15-12-22(8-9-23-15)11-14-6-4-13(10-18)5-7-14/h4-7,15H,2-3,8-9,11-12H2,1H3,(H,19,20,21)/t15-/m0/s1. The van der Waals surface area contributed by atoms with Gasteiger partial charge in [0.2, 0.25) is 0 Å². The maximum absolute atomic E-state index is 8.86. The molecule has 23 heavy (non-hydrogen) atoms. The number of benzene rings is 1. The molecule has 6 heteroatoms. The molecule has 0 aliphatic carbocycles. The second kappa shape index (κ2) is 7.36. The minimum Gasteiger partial charge on any atom is -0.367 e. The first kappa shape index (κ1) is 15.7. The summed E-state index contributed by atoms with van der Waals surface area (Å²) in [5.41, 5.74) is 1.89. The summed E-state index contributed by atoms with van der Waals surface area (Å²) in [6, 6.07) is 9.88. The number of nitriles is 1. The summed E-state index contributed by atoms with van der Waals surface area (Å²) < 4.78 is 5.83. The Morgan fingerprint density at radius 1 is 1.39 bits per heavy atom. The highest BCUT2D eigenvalue weighted by Crippen LogP contribution is 2.21. The fraction of sp³-hybridized carbons (Fsp3) is 0.471. The van der Waals surface area contributed by atoms with E-state index in [1.807, 2.05) is 24.3 Å². The number of hydrogen-bond acceptors (Lipinski definition) is 5. The maximum atomic E-state index is 8.86. The molecule has 0 unspecified atom stereocenters. The molecule has 1 aliphatic heterocycles. The molecule has 1 atom stereocenters. The van der Waals surface area contributed by atoms with Crippen LogP contribution in [0, 0.1) is 11.3 Å². The molecule has 0 bridgehead atoms. The summed E-state index contributed by atoms with van der Waals surface area (Å²) >= 11 is 0. The van der Waals surface area contributed by atoms with E-state index in [0.717, 1.165) is 44.1 Å². The molecular weight excluding hydrogens is 290 g/mol. The summed E-state index contributed by atoms with van der Waals surface area (Å²) in [4.78, 5) is 6.87. The van der Waals surface area contributed by atoms with Crippen LogP contribution >= 0.6 is 0 Å². The topological polar surface area (TPSA) is 77.8 Å². The molecule has 1 aliphatic rings. The predicted molar refractivity (Wildman–Crippen MR) is 85.5 cm³/mol. The average Bonchev–Trinajstić information content (AvgIpc) is 3.05. The first-order chi connectivity index (χ1) is 11.3. The Balaban J connectivity index is 1.61. The smallest absolute Gasteiger partial charge is 0.180 e. The Labute approximate surface area is 136 Å². The van der Waals surface area contributed by atoms with Crippen LogP contribution in [0.4, 0.5) is 0 Å². The Morgan fingerprint density at radius 2 is 2.22 bits per heavy atom. The molecule has 0 amide bonds. The summed E-state index contributed by atoms with van der Waals surface area (Å²) in [5.74, 6) is 1.67. The zero-order chi connectivity index (χ0) is 16.1. The van der Waals surface area contributed by atoms with Crippen LogP contribution < -0.4 is 0 Å². The third-order valence-electron chi connectivity index (χ3n) is 3.96. The van der Waals surface area contributed by atoms with Crippen molar-refractivity contribution in [2.75, 3.05) is 19.7 Å². The molecule has 1 N–H and O–H groups in total. The van der Waals surface area contributed by atoms with Crippen LogP contribution in [0.25, 0.3) is 0 Å². The van der Waals surface area contributed by atoms with Gasteiger partial charge in [-0.2, -0.15) is 10.4 Å². The average molecular weight is 311 g/mol. The summed E-state index contributed by atoms with van der Waals surface area (Å²) in [7, 11) is 0. The molecule has 2 aromatic rings. The van der Waals surface area contributed by atoms with Gasteiger partial charge in [-0.1, -0.05) is 19.1 Å². The number of nitrogens with one attached hydrogen (secondary N) is 1. The lowest BCUT2D eigenvalue weighted by atomic mass is 10.1. The van der Waals surface area contributed by atoms with Gasteiger partial charge in [-0.25, -0.2) is 4.98 Å². The van der Waals surface area contributed by atoms with E-state index in [4.69, 9.17) is 10.00 Å². The van der Waals surface area contributed by atoms with E-state index >= 15 is 0 Å². The summed E-state index contributed by atoms with van der Waals surface area (Å²) in [6.07, 6.45) is 1.88. The third-order valence-corrected chi connectivity index (χ3v) is 3.96. The highest BCUT2D eigenvalue weighted by atomic mass is 16.5. The van der Waals surface area contributed by atoms with Gasteiger partial charge in [-0.3, -0.25) is 10.00 Å². The van der Waals surface area contributed by atoms with Gasteiger partial charge < -0.3 is 4.74 Å². The zero-order valence-electron chi connectivity index (χ0n) is 13.3. The molecule has 120 valence electrons. The van der Waals surface area contributed by atoms with E-state index in [-0.39, 0.29) is 6.10 Å². The molecule has 6 nitrogen and oxygen atoms in total. The molecule has 1 fully saturated rings. The molecule has 1 saturated heterocycles. The van der Waals surface area contributed by atoms with Crippen LogP contribution in [0.3, 0.4) is 0 Å². The van der Waals surface area contributed by atoms with Crippen LogP contribution in [-0.2, 0) is 17.7 Å². The number of ether oxygens (including phenoxy) is 1. The lowest BCUT2D eigenvalue weighted by Crippen LogP contribution is -2.38. The van der Waals surface area contributed by atoms with E-state index < -0.39 is 0 Å². The van der Waals surface area contributed by atoms with E-state index in [0.29, 0.717) is 12.2 Å². The Bertz CT molecular complexity index is 673. The Kier molecular flexibility index (Phi) is 5.01. The minimum atomic E-state index is -0.0796. The molecule has 2 heterocycles. The largest absolute Gasteiger partial charge is 0.367 e. The van der Waals surface area contributed by atoms with Crippen molar-refractivity contribution in [2.24, 2.45) is 0 Å². The minimum absolute atomic E-state index is 0.0796. The highest BCUT2D eigenvalue weighted by Gasteiger charge is 2.25. The van der Waals surface area contributed by atoms with E-state index in [1.165, 1.54) is 5.56 Å². The number of nitrogens with zero attached hydrogens (tertiary/aromatic N) is 4. The number of aryl methyl sites for hydroxylation is 1. The Hall–Kier alpha value is -2.23. The highest BCUT2D eigenvalue weighted by molar-refractivity contribution is 5.31. The number of aromatic nitrogens is 3. The molecule has 0 radical (unpaired) electrons. The summed E-state index contributed by atoms with van der Waals surface area (Å²) in [6.45, 7) is 5.32. The molecule has 0 spiro atoms. The first-order valence-electron chi connectivity index (χ1n) is 8.02. The van der Waals surface area contributed by atoms with Gasteiger partial charge >= 0.3 is 0 Å². The number of rotatable bonds is 5. The second-order valence-corrected chi connectivity index (χ2v) is 5.79. The van der Waals surface area contributed by atoms with Crippen molar-refractivity contribution in [1.82, 2.24) is 20.1 Å². The number of hydrogen-bond donors (Lipinski definition) is 1. The third kappa shape index (κ3) is 3.95. The van der Waals surface area contributed by atoms with Crippen LogP contribution in [0.15, 0.2) is 24.3 Å². The van der Waals surface area contributed by atoms with Crippen LogP contribution in [0.5, 0.6) is 0 Å². The Morgan fingerprint density at radius 3 is 2.96 bits per heavy atom. The zero-order valence-corrected chi connectivity index (χ0v) is 13.3. The lowest BCUT2D eigenvalue weighted by Gasteiger charge is -2.31. The van der Waals surface area contributed by atoms with Gasteiger partial charge in [0, 0.05) is 26.1 Å². The van der Waals surface area contributed by atoms with Gasteiger partial charge in [0.25, 0.3) is 0 Å². The van der Waals surface area contributed by atoms with Gasteiger partial charge in [0.15, 0.2) is 5.82 Å². The van der Waals surface area contributed by atoms with Crippen molar-refractivity contribution in [3.8, 4) is 6.07 Å². The van der Waals surface area contributed by atoms with E-state index in [9.17, 15) is 0 Å². The molecule has 1 aromatic carbocycles. The second-order valence-electron chi connectivity index (χ2n) is 5.79. The number of aromatic amines is 1. The van der Waals surface area contributed by atoms with Gasteiger partial charge in [-0.15, -0.1) is 0 Å². The van der Waals surface area contributed by atoms with Gasteiger partial charge in [0.05, 0.1) is 18.2 Å². The van der Waals surface area contributed by atoms with Crippen molar-refractivity contribution in [3.63, 3.8) is 0 Å². The van der Waals surface area contributed by atoms with Crippen molar-refractivity contribution in [3.05, 3.63) is 47.0 Å². The normalized spacial score (nSPS) is 18.7. The van der Waals surface area contributed by atoms with Crippen molar-refractivity contribution in [2.45, 2.75) is 32.4 Å². The SMILES string of the molecule is CCCc1nc([C@@H]2CN(Cc3ccc(C#N)cc3)CCO2)n[nH]1. The van der Waals surface area contributed by atoms with Crippen LogP contribution in [0.1, 0.15) is 42.2 Å². The van der Waals surface area contributed by atoms with Crippen molar-refractivity contribution in [1.29, 1.82) is 5.26 Å². The number of H-pyrrole nitrogens is 1. The van der Waals surface area contributed by atoms with Gasteiger partial charge in [0.1, 0.15) is 11.9 Å². The molecular formula is C17H21N5O. The monoisotopic (exact) mass is 311 g/mol. The predicted octanol–water partition coefficient (Wildman–Crippen LogP) is 2.20. The van der Waals surface area contributed by atoms with Crippen LogP contribution in [0.2, 0.25) is 0 Å². The number of morpholine rings is 1. The van der Waals surface area contributed by atoms with Crippen molar-refractivity contribution < 1.29 is 4.74 Å². The lowest BCUT2D eigenvalue weighted by molar-refractivity contribution is -0.0370. The maximum Gasteiger partial charge on any atom is 0.180 e. The van der Waals surface area contributed by atoms with Crippen molar-refractivity contribution >= 4 is 0 Å². The fourth-order valence-electron chi connectivity index (χ4n) is 2.75. The fourth-order valence-corrected chi connectivity index (χ4v) is 2.75. The quantitative estimate of drug-likeness (QED) is 0.916. The molecule has 0 saturated carbocycles. The van der Waals surface area contributed by atoms with E-state index in [1.54, 1.807) is 0 Å². The molecule has 1 aromatic heterocycles. The first-order valence-corrected chi connectivity index (χ1v) is 8.02. The summed E-state index contributed by atoms with van der Waals surface area (Å²) in [5, 5.41) is 16.1. The molecule has 3 rings (SSSR count).